The summed E-state index contributed by atoms with van der Waals surface area (Å²) in [6.45, 7) is 6.34. The number of rotatable bonds is 4. The van der Waals surface area contributed by atoms with Crippen LogP contribution in [0.4, 0.5) is 0 Å². The van der Waals surface area contributed by atoms with E-state index in [0.717, 1.165) is 12.3 Å². The van der Waals surface area contributed by atoms with Crippen LogP contribution in [0.3, 0.4) is 0 Å². The summed E-state index contributed by atoms with van der Waals surface area (Å²) in [5.41, 5.74) is 0. The van der Waals surface area contributed by atoms with E-state index in [9.17, 15) is 9.59 Å². The normalized spacial score (nSPS) is 8.00. The molecule has 0 spiro atoms. The SMILES string of the molecule is C=COC(=O)CC(=O)C=C. The Morgan fingerprint density at radius 3 is 2.40 bits per heavy atom. The Hall–Kier alpha value is -1.38. The molecule has 0 fully saturated rings. The van der Waals surface area contributed by atoms with E-state index in [0.29, 0.717) is 0 Å². The molecule has 3 nitrogen and oxygen atoms in total. The van der Waals surface area contributed by atoms with Crippen molar-refractivity contribution in [3.63, 3.8) is 0 Å². The number of carbonyl (C=O) groups excluding carboxylic acids is 2. The molecule has 0 aromatic rings. The minimum atomic E-state index is -0.611. The maximum atomic E-state index is 10.5. The van der Waals surface area contributed by atoms with E-state index in [1.165, 1.54) is 0 Å². The van der Waals surface area contributed by atoms with Crippen molar-refractivity contribution in [1.29, 1.82) is 0 Å². The molecule has 0 aromatic carbocycles. The van der Waals surface area contributed by atoms with Gasteiger partial charge in [0.15, 0.2) is 5.78 Å². The van der Waals surface area contributed by atoms with Gasteiger partial charge in [-0.1, -0.05) is 13.2 Å². The number of ether oxygens (including phenoxy) is 1. The lowest BCUT2D eigenvalue weighted by atomic mass is 10.3. The molecule has 0 rings (SSSR count). The number of allylic oxidation sites excluding steroid dienone is 1. The van der Waals surface area contributed by atoms with E-state index in [4.69, 9.17) is 0 Å². The van der Waals surface area contributed by atoms with E-state index < -0.39 is 5.97 Å². The zero-order valence-corrected chi connectivity index (χ0v) is 5.50. The highest BCUT2D eigenvalue weighted by atomic mass is 16.5. The van der Waals surface area contributed by atoms with Crippen molar-refractivity contribution in [2.75, 3.05) is 0 Å². The first-order chi connectivity index (χ1) is 4.70. The summed E-state index contributed by atoms with van der Waals surface area (Å²) in [6, 6.07) is 0. The van der Waals surface area contributed by atoms with Gasteiger partial charge in [-0.2, -0.15) is 0 Å². The van der Waals surface area contributed by atoms with E-state index in [1.807, 2.05) is 0 Å². The third kappa shape index (κ3) is 3.60. The fourth-order valence-electron chi connectivity index (χ4n) is 0.349. The molecule has 3 heteroatoms. The Morgan fingerprint density at radius 2 is 2.00 bits per heavy atom. The van der Waals surface area contributed by atoms with Crippen molar-refractivity contribution in [3.05, 3.63) is 25.5 Å². The number of esters is 1. The predicted octanol–water partition coefficient (Wildman–Crippen LogP) is 0.818. The molecular formula is C7H8O3. The summed E-state index contributed by atoms with van der Waals surface area (Å²) in [5, 5.41) is 0. The van der Waals surface area contributed by atoms with Gasteiger partial charge in [-0.15, -0.1) is 0 Å². The molecule has 0 unspecified atom stereocenters. The van der Waals surface area contributed by atoms with Gasteiger partial charge in [-0.25, -0.2) is 0 Å². The molecule has 0 heterocycles. The van der Waals surface area contributed by atoms with Crippen molar-refractivity contribution in [1.82, 2.24) is 0 Å². The molecule has 0 aromatic heterocycles. The van der Waals surface area contributed by atoms with Crippen LogP contribution in [0.2, 0.25) is 0 Å². The summed E-state index contributed by atoms with van der Waals surface area (Å²) in [7, 11) is 0. The second-order valence-electron chi connectivity index (χ2n) is 1.50. The predicted molar refractivity (Wildman–Crippen MR) is 36.1 cm³/mol. The van der Waals surface area contributed by atoms with Crippen LogP contribution >= 0.6 is 0 Å². The Bertz CT molecular complexity index is 170. The maximum Gasteiger partial charge on any atom is 0.318 e. The van der Waals surface area contributed by atoms with E-state index >= 15 is 0 Å². The second kappa shape index (κ2) is 4.49. The smallest absolute Gasteiger partial charge is 0.318 e. The van der Waals surface area contributed by atoms with Gasteiger partial charge in [0.25, 0.3) is 0 Å². The molecule has 0 atom stereocenters. The standard InChI is InChI=1S/C7H8O3/c1-3-6(8)5-7(9)10-4-2/h3-4H,1-2,5H2. The summed E-state index contributed by atoms with van der Waals surface area (Å²) in [6.07, 6.45) is 1.79. The van der Waals surface area contributed by atoms with Gasteiger partial charge in [0, 0.05) is 0 Å². The average Bonchev–Trinajstić information content (AvgIpc) is 1.88. The number of hydrogen-bond donors (Lipinski definition) is 0. The molecule has 10 heavy (non-hydrogen) atoms. The van der Waals surface area contributed by atoms with Crippen LogP contribution < -0.4 is 0 Å². The van der Waals surface area contributed by atoms with Gasteiger partial charge in [0.05, 0.1) is 6.26 Å². The summed E-state index contributed by atoms with van der Waals surface area (Å²) in [4.78, 5) is 20.9. The molecule has 0 radical (unpaired) electrons. The molecular weight excluding hydrogens is 132 g/mol. The molecule has 0 saturated carbocycles. The number of hydrogen-bond acceptors (Lipinski definition) is 3. The van der Waals surface area contributed by atoms with Crippen LogP contribution in [0.1, 0.15) is 6.42 Å². The van der Waals surface area contributed by atoms with Gasteiger partial charge in [0.1, 0.15) is 6.42 Å². The van der Waals surface area contributed by atoms with Gasteiger partial charge in [-0.3, -0.25) is 9.59 Å². The maximum absolute atomic E-state index is 10.5. The van der Waals surface area contributed by atoms with Crippen LogP contribution in [-0.2, 0) is 14.3 Å². The Balaban J connectivity index is 3.67. The fourth-order valence-corrected chi connectivity index (χ4v) is 0.349. The first kappa shape index (κ1) is 8.62. The third-order valence-corrected chi connectivity index (χ3v) is 0.761. The van der Waals surface area contributed by atoms with Gasteiger partial charge in [-0.05, 0) is 6.08 Å². The quantitative estimate of drug-likeness (QED) is 0.251. The highest BCUT2D eigenvalue weighted by Crippen LogP contribution is 1.88. The fraction of sp³-hybridized carbons (Fsp3) is 0.143. The third-order valence-electron chi connectivity index (χ3n) is 0.761. The zero-order valence-electron chi connectivity index (χ0n) is 5.50. The van der Waals surface area contributed by atoms with Crippen molar-refractivity contribution >= 4 is 11.8 Å². The zero-order chi connectivity index (χ0) is 7.98. The monoisotopic (exact) mass is 140 g/mol. The molecule has 0 aliphatic rings. The topological polar surface area (TPSA) is 43.4 Å². The van der Waals surface area contributed by atoms with Crippen LogP contribution in [0.25, 0.3) is 0 Å². The summed E-state index contributed by atoms with van der Waals surface area (Å²) < 4.78 is 4.27. The first-order valence-electron chi connectivity index (χ1n) is 2.66. The number of ketones is 1. The molecule has 0 bridgehead atoms. The van der Waals surface area contributed by atoms with E-state index in [-0.39, 0.29) is 12.2 Å². The van der Waals surface area contributed by atoms with Gasteiger partial charge < -0.3 is 4.74 Å². The molecule has 0 saturated heterocycles. The summed E-state index contributed by atoms with van der Waals surface area (Å²) >= 11 is 0. The first-order valence-corrected chi connectivity index (χ1v) is 2.66. The Labute approximate surface area is 59.0 Å². The molecule has 0 aliphatic carbocycles. The van der Waals surface area contributed by atoms with Crippen molar-refractivity contribution in [3.8, 4) is 0 Å². The van der Waals surface area contributed by atoms with Crippen molar-refractivity contribution < 1.29 is 14.3 Å². The van der Waals surface area contributed by atoms with Crippen LogP contribution in [-0.4, -0.2) is 11.8 Å². The largest absolute Gasteiger partial charge is 0.435 e. The Kier molecular flexibility index (Phi) is 3.87. The molecule has 0 amide bonds. The second-order valence-corrected chi connectivity index (χ2v) is 1.50. The van der Waals surface area contributed by atoms with Crippen LogP contribution in [0.5, 0.6) is 0 Å². The van der Waals surface area contributed by atoms with E-state index in [1.54, 1.807) is 0 Å². The van der Waals surface area contributed by atoms with Gasteiger partial charge >= 0.3 is 5.97 Å². The van der Waals surface area contributed by atoms with Crippen LogP contribution in [0, 0.1) is 0 Å². The van der Waals surface area contributed by atoms with Crippen molar-refractivity contribution in [2.24, 2.45) is 0 Å². The molecule has 0 N–H and O–H groups in total. The minimum absolute atomic E-state index is 0.268. The molecule has 0 aliphatic heterocycles. The van der Waals surface area contributed by atoms with E-state index in [2.05, 4.69) is 17.9 Å². The highest BCUT2D eigenvalue weighted by Gasteiger charge is 2.04. The molecule has 54 valence electrons. The lowest BCUT2D eigenvalue weighted by Gasteiger charge is -1.92. The average molecular weight is 140 g/mol. The lowest BCUT2D eigenvalue weighted by molar-refractivity contribution is -0.140. The highest BCUT2D eigenvalue weighted by molar-refractivity contribution is 6.01. The lowest BCUT2D eigenvalue weighted by Crippen LogP contribution is -2.05. The van der Waals surface area contributed by atoms with Gasteiger partial charge in [0.2, 0.25) is 0 Å². The summed E-state index contributed by atoms with van der Waals surface area (Å²) in [5.74, 6) is -0.966. The van der Waals surface area contributed by atoms with Crippen LogP contribution in [0.15, 0.2) is 25.5 Å². The number of carbonyl (C=O) groups is 2. The van der Waals surface area contributed by atoms with Crippen molar-refractivity contribution in [2.45, 2.75) is 6.42 Å². The Morgan fingerprint density at radius 1 is 1.40 bits per heavy atom. The minimum Gasteiger partial charge on any atom is -0.435 e.